The zero-order chi connectivity index (χ0) is 20.4. The van der Waals surface area contributed by atoms with Gasteiger partial charge in [-0.1, -0.05) is 35.9 Å². The molecule has 1 aliphatic carbocycles. The number of anilines is 2. The molecule has 0 bridgehead atoms. The number of rotatable bonds is 7. The first-order valence-electron chi connectivity index (χ1n) is 9.67. The summed E-state index contributed by atoms with van der Waals surface area (Å²) in [6.45, 7) is 0.866. The molecule has 2 aliphatic rings. The number of hydrogen-bond acceptors (Lipinski definition) is 5. The van der Waals surface area contributed by atoms with Crippen molar-refractivity contribution >= 4 is 34.9 Å². The molecule has 0 spiro atoms. The van der Waals surface area contributed by atoms with Gasteiger partial charge in [0, 0.05) is 36.3 Å². The predicted molar refractivity (Wildman–Crippen MR) is 112 cm³/mol. The summed E-state index contributed by atoms with van der Waals surface area (Å²) in [5.41, 5.74) is 5.66. The highest BCUT2D eigenvalue weighted by Gasteiger charge is 2.41. The lowest BCUT2D eigenvalue weighted by Crippen LogP contribution is -2.49. The number of imide groups is 1. The van der Waals surface area contributed by atoms with E-state index < -0.39 is 6.03 Å². The van der Waals surface area contributed by atoms with Gasteiger partial charge in [-0.15, -0.1) is 0 Å². The normalized spacial score (nSPS) is 17.8. The molecule has 1 aliphatic heterocycles. The van der Waals surface area contributed by atoms with E-state index in [9.17, 15) is 9.59 Å². The van der Waals surface area contributed by atoms with Crippen molar-refractivity contribution < 1.29 is 14.8 Å². The Bertz CT molecular complexity index is 928. The second kappa shape index (κ2) is 8.02. The molecule has 0 unspecified atom stereocenters. The van der Waals surface area contributed by atoms with Gasteiger partial charge in [-0.05, 0) is 43.0 Å². The summed E-state index contributed by atoms with van der Waals surface area (Å²) in [6, 6.07) is 13.1. The first-order chi connectivity index (χ1) is 14.0. The summed E-state index contributed by atoms with van der Waals surface area (Å²) < 4.78 is 0. The van der Waals surface area contributed by atoms with Crippen molar-refractivity contribution in [1.29, 1.82) is 0 Å². The standard InChI is InChI=1S/C21H23ClN4O3/c22-19-16(2-1-3-17(19)26-13-8-18(27)24-20(26)28)14-4-6-15(7-5-14)25-21(9-10-21)11-12-23-29/h1-7,23,25,29H,8-13H2,(H,24,27,28). The lowest BCUT2D eigenvalue weighted by molar-refractivity contribution is -0.120. The van der Waals surface area contributed by atoms with Gasteiger partial charge in [-0.3, -0.25) is 15.0 Å². The van der Waals surface area contributed by atoms with Crippen LogP contribution in [-0.2, 0) is 4.79 Å². The SMILES string of the molecule is O=C1CCN(c2cccc(-c3ccc(NC4(CCNO)CC4)cc3)c2Cl)C(=O)N1. The van der Waals surface area contributed by atoms with E-state index in [1.807, 2.05) is 36.4 Å². The Kier molecular flexibility index (Phi) is 5.45. The number of hydroxylamine groups is 1. The average Bonchev–Trinajstić information content (AvgIpc) is 3.47. The van der Waals surface area contributed by atoms with Crippen LogP contribution in [0.3, 0.4) is 0 Å². The van der Waals surface area contributed by atoms with Crippen molar-refractivity contribution in [3.63, 3.8) is 0 Å². The van der Waals surface area contributed by atoms with Gasteiger partial charge in [0.25, 0.3) is 0 Å². The second-order valence-electron chi connectivity index (χ2n) is 7.53. The third-order valence-corrected chi connectivity index (χ3v) is 5.89. The van der Waals surface area contributed by atoms with Crippen LogP contribution < -0.4 is 21.0 Å². The van der Waals surface area contributed by atoms with E-state index in [2.05, 4.69) is 16.1 Å². The number of carbonyl (C=O) groups excluding carboxylic acids is 2. The van der Waals surface area contributed by atoms with Crippen LogP contribution in [0.4, 0.5) is 16.2 Å². The fourth-order valence-electron chi connectivity index (χ4n) is 3.67. The molecule has 1 heterocycles. The fraction of sp³-hybridized carbons (Fsp3) is 0.333. The van der Waals surface area contributed by atoms with Gasteiger partial charge in [-0.2, -0.15) is 0 Å². The Hall–Kier alpha value is -2.61. The second-order valence-corrected chi connectivity index (χ2v) is 7.91. The molecule has 2 fully saturated rings. The monoisotopic (exact) mass is 414 g/mol. The highest BCUT2D eigenvalue weighted by atomic mass is 35.5. The number of nitrogens with zero attached hydrogens (tertiary/aromatic N) is 1. The number of nitrogens with one attached hydrogen (secondary N) is 3. The highest BCUT2D eigenvalue weighted by molar-refractivity contribution is 6.36. The summed E-state index contributed by atoms with van der Waals surface area (Å²) in [5.74, 6) is -0.273. The average molecular weight is 415 g/mol. The van der Waals surface area contributed by atoms with Crippen molar-refractivity contribution in [1.82, 2.24) is 10.8 Å². The lowest BCUT2D eigenvalue weighted by Gasteiger charge is -2.28. The molecule has 7 nitrogen and oxygen atoms in total. The zero-order valence-electron chi connectivity index (χ0n) is 15.9. The van der Waals surface area contributed by atoms with Crippen molar-refractivity contribution in [2.75, 3.05) is 23.3 Å². The molecule has 0 atom stereocenters. The Morgan fingerprint density at radius 1 is 1.14 bits per heavy atom. The summed E-state index contributed by atoms with van der Waals surface area (Å²) in [4.78, 5) is 25.1. The Morgan fingerprint density at radius 3 is 2.55 bits per heavy atom. The van der Waals surface area contributed by atoms with E-state index in [1.54, 1.807) is 6.07 Å². The quantitative estimate of drug-likeness (QED) is 0.517. The van der Waals surface area contributed by atoms with Crippen molar-refractivity contribution in [3.05, 3.63) is 47.5 Å². The van der Waals surface area contributed by atoms with E-state index in [0.29, 0.717) is 23.8 Å². The Labute approximate surface area is 174 Å². The van der Waals surface area contributed by atoms with Crippen molar-refractivity contribution in [3.8, 4) is 11.1 Å². The van der Waals surface area contributed by atoms with Crippen LogP contribution in [-0.4, -0.2) is 35.8 Å². The van der Waals surface area contributed by atoms with Gasteiger partial charge >= 0.3 is 6.03 Å². The molecular formula is C21H23ClN4O3. The first-order valence-corrected chi connectivity index (χ1v) is 10.0. The summed E-state index contributed by atoms with van der Waals surface area (Å²) in [7, 11) is 0. The van der Waals surface area contributed by atoms with E-state index in [4.69, 9.17) is 16.8 Å². The Balaban J connectivity index is 1.53. The minimum atomic E-state index is -0.452. The van der Waals surface area contributed by atoms with E-state index in [-0.39, 0.29) is 17.9 Å². The molecular weight excluding hydrogens is 392 g/mol. The molecule has 8 heteroatoms. The van der Waals surface area contributed by atoms with Gasteiger partial charge in [0.05, 0.1) is 10.7 Å². The van der Waals surface area contributed by atoms with Crippen LogP contribution in [0.5, 0.6) is 0 Å². The predicted octanol–water partition coefficient (Wildman–Crippen LogP) is 3.77. The van der Waals surface area contributed by atoms with E-state index in [1.165, 1.54) is 4.90 Å². The lowest BCUT2D eigenvalue weighted by atomic mass is 10.0. The van der Waals surface area contributed by atoms with E-state index >= 15 is 0 Å². The van der Waals surface area contributed by atoms with Crippen LogP contribution in [0.1, 0.15) is 25.7 Å². The smallest absolute Gasteiger partial charge is 0.328 e. The maximum absolute atomic E-state index is 12.2. The molecule has 4 N–H and O–H groups in total. The molecule has 1 saturated heterocycles. The van der Waals surface area contributed by atoms with Crippen LogP contribution in [0, 0.1) is 0 Å². The van der Waals surface area contributed by atoms with Gasteiger partial charge in [0.2, 0.25) is 5.91 Å². The highest BCUT2D eigenvalue weighted by Crippen LogP contribution is 2.42. The summed E-state index contributed by atoms with van der Waals surface area (Å²) >= 11 is 6.64. The van der Waals surface area contributed by atoms with Crippen LogP contribution in [0.25, 0.3) is 11.1 Å². The maximum atomic E-state index is 12.2. The minimum absolute atomic E-state index is 0.0634. The number of halogens is 1. The molecule has 1 saturated carbocycles. The number of hydrogen-bond donors (Lipinski definition) is 4. The molecule has 0 aromatic heterocycles. The first kappa shape index (κ1) is 19.7. The largest absolute Gasteiger partial charge is 0.380 e. The molecule has 29 heavy (non-hydrogen) atoms. The number of benzene rings is 2. The summed E-state index contributed by atoms with van der Waals surface area (Å²) in [6.07, 6.45) is 3.29. The van der Waals surface area contributed by atoms with Crippen LogP contribution in [0.15, 0.2) is 42.5 Å². The topological polar surface area (TPSA) is 93.7 Å². The van der Waals surface area contributed by atoms with E-state index in [0.717, 1.165) is 36.1 Å². The molecule has 2 aromatic carbocycles. The zero-order valence-corrected chi connectivity index (χ0v) is 16.6. The van der Waals surface area contributed by atoms with Crippen molar-refractivity contribution in [2.24, 2.45) is 0 Å². The molecule has 2 aromatic rings. The maximum Gasteiger partial charge on any atom is 0.328 e. The van der Waals surface area contributed by atoms with Gasteiger partial charge in [0.1, 0.15) is 0 Å². The Morgan fingerprint density at radius 2 is 1.90 bits per heavy atom. The minimum Gasteiger partial charge on any atom is -0.380 e. The fourth-order valence-corrected chi connectivity index (χ4v) is 4.01. The number of urea groups is 1. The van der Waals surface area contributed by atoms with Crippen LogP contribution in [0.2, 0.25) is 5.02 Å². The molecule has 0 radical (unpaired) electrons. The molecule has 3 amide bonds. The third-order valence-electron chi connectivity index (χ3n) is 5.50. The van der Waals surface area contributed by atoms with Gasteiger partial charge in [-0.25, -0.2) is 10.3 Å². The summed E-state index contributed by atoms with van der Waals surface area (Å²) in [5, 5.41) is 15.2. The van der Waals surface area contributed by atoms with Gasteiger partial charge in [0.15, 0.2) is 0 Å². The van der Waals surface area contributed by atoms with Crippen LogP contribution >= 0.6 is 11.6 Å². The number of amides is 3. The van der Waals surface area contributed by atoms with Crippen molar-refractivity contribution in [2.45, 2.75) is 31.2 Å². The van der Waals surface area contributed by atoms with Gasteiger partial charge < -0.3 is 10.5 Å². The molecule has 4 rings (SSSR count). The number of carbonyl (C=O) groups is 2. The third kappa shape index (κ3) is 4.22. The molecule has 152 valence electrons.